The van der Waals surface area contributed by atoms with Crippen molar-refractivity contribution >= 4 is 11.8 Å². The molecule has 1 N–H and O–H groups in total. The third kappa shape index (κ3) is 4.10. The predicted octanol–water partition coefficient (Wildman–Crippen LogP) is 3.39. The number of nitrogens with zero attached hydrogens (tertiary/aromatic N) is 1. The SMILES string of the molecule is CNC(C)c1cccc(SCc2cc(COC)on2)c1. The molecule has 1 heterocycles. The number of thioether (sulfide) groups is 1. The Morgan fingerprint density at radius 1 is 1.40 bits per heavy atom. The number of methoxy groups -OCH3 is 1. The van der Waals surface area contributed by atoms with Crippen LogP contribution in [0.15, 0.2) is 39.8 Å². The van der Waals surface area contributed by atoms with Crippen molar-refractivity contribution in [3.05, 3.63) is 47.3 Å². The van der Waals surface area contributed by atoms with E-state index in [1.165, 1.54) is 10.5 Å². The third-order valence-electron chi connectivity index (χ3n) is 3.07. The van der Waals surface area contributed by atoms with E-state index in [1.807, 2.05) is 13.1 Å². The van der Waals surface area contributed by atoms with Gasteiger partial charge >= 0.3 is 0 Å². The number of hydrogen-bond acceptors (Lipinski definition) is 5. The van der Waals surface area contributed by atoms with Crippen LogP contribution in [0.25, 0.3) is 0 Å². The zero-order valence-corrected chi connectivity index (χ0v) is 12.9. The van der Waals surface area contributed by atoms with E-state index in [0.29, 0.717) is 12.6 Å². The Morgan fingerprint density at radius 2 is 2.25 bits per heavy atom. The summed E-state index contributed by atoms with van der Waals surface area (Å²) in [5.41, 5.74) is 2.23. The highest BCUT2D eigenvalue weighted by molar-refractivity contribution is 7.98. The number of nitrogens with one attached hydrogen (secondary N) is 1. The minimum Gasteiger partial charge on any atom is -0.377 e. The van der Waals surface area contributed by atoms with Gasteiger partial charge in [-0.3, -0.25) is 0 Å². The van der Waals surface area contributed by atoms with Gasteiger partial charge in [0.05, 0.1) is 5.69 Å². The smallest absolute Gasteiger partial charge is 0.162 e. The van der Waals surface area contributed by atoms with E-state index in [0.717, 1.165) is 17.2 Å². The van der Waals surface area contributed by atoms with Gasteiger partial charge in [-0.25, -0.2) is 0 Å². The van der Waals surface area contributed by atoms with Crippen molar-refractivity contribution < 1.29 is 9.26 Å². The lowest BCUT2D eigenvalue weighted by molar-refractivity contribution is 0.156. The minimum atomic E-state index is 0.357. The van der Waals surface area contributed by atoms with Gasteiger partial charge in [-0.05, 0) is 31.7 Å². The molecule has 1 aromatic heterocycles. The third-order valence-corrected chi connectivity index (χ3v) is 4.10. The molecule has 5 heteroatoms. The van der Waals surface area contributed by atoms with Crippen molar-refractivity contribution in [2.75, 3.05) is 14.2 Å². The van der Waals surface area contributed by atoms with Crippen LogP contribution < -0.4 is 5.32 Å². The molecule has 4 nitrogen and oxygen atoms in total. The van der Waals surface area contributed by atoms with E-state index in [1.54, 1.807) is 18.9 Å². The average Bonchev–Trinajstić information content (AvgIpc) is 2.93. The molecule has 108 valence electrons. The number of rotatable bonds is 7. The summed E-state index contributed by atoms with van der Waals surface area (Å²) < 4.78 is 10.2. The fraction of sp³-hybridized carbons (Fsp3) is 0.400. The predicted molar refractivity (Wildman–Crippen MR) is 80.7 cm³/mol. The molecule has 0 fully saturated rings. The average molecular weight is 292 g/mol. The first-order chi connectivity index (χ1) is 9.72. The van der Waals surface area contributed by atoms with Crippen LogP contribution in [0.2, 0.25) is 0 Å². The molecule has 2 aromatic rings. The molecule has 20 heavy (non-hydrogen) atoms. The van der Waals surface area contributed by atoms with Crippen LogP contribution in [-0.2, 0) is 17.1 Å². The van der Waals surface area contributed by atoms with E-state index in [2.05, 4.69) is 41.7 Å². The summed E-state index contributed by atoms with van der Waals surface area (Å²) in [7, 11) is 3.61. The normalized spacial score (nSPS) is 12.6. The molecular formula is C15H20N2O2S. The molecule has 1 unspecified atom stereocenters. The Bertz CT molecular complexity index is 542. The van der Waals surface area contributed by atoms with Gasteiger partial charge in [-0.15, -0.1) is 11.8 Å². The first kappa shape index (κ1) is 15.1. The summed E-state index contributed by atoms with van der Waals surface area (Å²) in [5, 5.41) is 7.28. The Hall–Kier alpha value is -1.30. The van der Waals surface area contributed by atoms with Gasteiger partial charge in [0.15, 0.2) is 5.76 Å². The Balaban J connectivity index is 1.96. The second-order valence-corrected chi connectivity index (χ2v) is 5.64. The minimum absolute atomic E-state index is 0.357. The molecule has 0 aliphatic carbocycles. The highest BCUT2D eigenvalue weighted by atomic mass is 32.2. The monoisotopic (exact) mass is 292 g/mol. The molecule has 2 rings (SSSR count). The fourth-order valence-corrected chi connectivity index (χ4v) is 2.68. The largest absolute Gasteiger partial charge is 0.377 e. The number of ether oxygens (including phenoxy) is 1. The van der Waals surface area contributed by atoms with Gasteiger partial charge in [0.1, 0.15) is 6.61 Å². The summed E-state index contributed by atoms with van der Waals surface area (Å²) in [6.45, 7) is 2.62. The molecule has 1 aromatic carbocycles. The maximum absolute atomic E-state index is 5.17. The molecular weight excluding hydrogens is 272 g/mol. The van der Waals surface area contributed by atoms with Crippen molar-refractivity contribution in [1.82, 2.24) is 10.5 Å². The van der Waals surface area contributed by atoms with Crippen LogP contribution in [0.1, 0.15) is 30.0 Å². The van der Waals surface area contributed by atoms with Gasteiger partial charge in [-0.2, -0.15) is 0 Å². The Kier molecular flexibility index (Phi) is 5.64. The summed E-state index contributed by atoms with van der Waals surface area (Å²) in [6.07, 6.45) is 0. The standard InChI is InChI=1S/C15H20N2O2S/c1-11(16-2)12-5-4-6-15(7-12)20-10-13-8-14(9-18-3)19-17-13/h4-8,11,16H,9-10H2,1-3H3. The lowest BCUT2D eigenvalue weighted by Gasteiger charge is -2.11. The molecule has 0 radical (unpaired) electrons. The van der Waals surface area contributed by atoms with Crippen LogP contribution in [0.3, 0.4) is 0 Å². The van der Waals surface area contributed by atoms with E-state index in [9.17, 15) is 0 Å². The topological polar surface area (TPSA) is 47.3 Å². The zero-order valence-electron chi connectivity index (χ0n) is 12.1. The molecule has 0 spiro atoms. The lowest BCUT2D eigenvalue weighted by atomic mass is 10.1. The molecule has 0 bridgehead atoms. The van der Waals surface area contributed by atoms with Crippen molar-refractivity contribution in [3.63, 3.8) is 0 Å². The van der Waals surface area contributed by atoms with E-state index >= 15 is 0 Å². The van der Waals surface area contributed by atoms with Crippen molar-refractivity contribution in [3.8, 4) is 0 Å². The number of aromatic nitrogens is 1. The Labute approximate surface area is 123 Å². The van der Waals surface area contributed by atoms with Crippen molar-refractivity contribution in [2.45, 2.75) is 30.2 Å². The first-order valence-electron chi connectivity index (χ1n) is 6.56. The van der Waals surface area contributed by atoms with Crippen LogP contribution in [0.5, 0.6) is 0 Å². The maximum Gasteiger partial charge on any atom is 0.162 e. The van der Waals surface area contributed by atoms with Gasteiger partial charge in [0.25, 0.3) is 0 Å². The number of benzene rings is 1. The Morgan fingerprint density at radius 3 is 3.00 bits per heavy atom. The highest BCUT2D eigenvalue weighted by Crippen LogP contribution is 2.25. The van der Waals surface area contributed by atoms with Crippen molar-refractivity contribution in [1.29, 1.82) is 0 Å². The van der Waals surface area contributed by atoms with Gasteiger partial charge in [0, 0.05) is 29.9 Å². The maximum atomic E-state index is 5.17. The van der Waals surface area contributed by atoms with Gasteiger partial charge in [-0.1, -0.05) is 17.3 Å². The molecule has 0 amide bonds. The van der Waals surface area contributed by atoms with Crippen LogP contribution >= 0.6 is 11.8 Å². The van der Waals surface area contributed by atoms with Crippen molar-refractivity contribution in [2.24, 2.45) is 0 Å². The quantitative estimate of drug-likeness (QED) is 0.793. The molecule has 0 saturated heterocycles. The van der Waals surface area contributed by atoms with Crippen LogP contribution in [0.4, 0.5) is 0 Å². The van der Waals surface area contributed by atoms with Crippen LogP contribution in [-0.4, -0.2) is 19.3 Å². The molecule has 0 aliphatic heterocycles. The van der Waals surface area contributed by atoms with E-state index in [-0.39, 0.29) is 0 Å². The second-order valence-electron chi connectivity index (χ2n) is 4.59. The summed E-state index contributed by atoms with van der Waals surface area (Å²) in [5.74, 6) is 1.56. The van der Waals surface area contributed by atoms with E-state index < -0.39 is 0 Å². The van der Waals surface area contributed by atoms with E-state index in [4.69, 9.17) is 9.26 Å². The van der Waals surface area contributed by atoms with Crippen LogP contribution in [0, 0.1) is 0 Å². The first-order valence-corrected chi connectivity index (χ1v) is 7.55. The molecule has 0 aliphatic rings. The second kappa shape index (κ2) is 7.47. The summed E-state index contributed by atoms with van der Waals surface area (Å²) >= 11 is 1.76. The number of hydrogen-bond donors (Lipinski definition) is 1. The summed E-state index contributed by atoms with van der Waals surface area (Å²) in [4.78, 5) is 1.24. The molecule has 1 atom stereocenters. The summed E-state index contributed by atoms with van der Waals surface area (Å²) in [6, 6.07) is 10.9. The van der Waals surface area contributed by atoms with Gasteiger partial charge < -0.3 is 14.6 Å². The highest BCUT2D eigenvalue weighted by Gasteiger charge is 2.06. The lowest BCUT2D eigenvalue weighted by Crippen LogP contribution is -2.11. The van der Waals surface area contributed by atoms with Gasteiger partial charge in [0.2, 0.25) is 0 Å². The molecule has 0 saturated carbocycles. The zero-order chi connectivity index (χ0) is 14.4. The fourth-order valence-electron chi connectivity index (χ4n) is 1.83.